The number of anilines is 2. The predicted molar refractivity (Wildman–Crippen MR) is 111 cm³/mol. The molecule has 4 rings (SSSR count). The molecular formula is C22H18FN5O2. The predicted octanol–water partition coefficient (Wildman–Crippen LogP) is 3.97. The number of aromatic carboxylic acids is 1. The van der Waals surface area contributed by atoms with Crippen LogP contribution in [-0.4, -0.2) is 25.8 Å². The van der Waals surface area contributed by atoms with E-state index in [0.717, 1.165) is 11.3 Å². The number of nitrogens with two attached hydrogens (primary N) is 1. The Balaban J connectivity index is 1.86. The molecule has 0 bridgehead atoms. The van der Waals surface area contributed by atoms with Crippen LogP contribution in [0.25, 0.3) is 16.9 Å². The number of carboxylic acids is 1. The van der Waals surface area contributed by atoms with E-state index >= 15 is 0 Å². The highest BCUT2D eigenvalue weighted by Crippen LogP contribution is 2.29. The molecule has 4 aromatic rings. The van der Waals surface area contributed by atoms with E-state index in [1.807, 2.05) is 24.3 Å². The van der Waals surface area contributed by atoms with Gasteiger partial charge in [-0.25, -0.2) is 18.9 Å². The lowest BCUT2D eigenvalue weighted by molar-refractivity contribution is 0.0697. The van der Waals surface area contributed by atoms with E-state index in [9.17, 15) is 14.3 Å². The zero-order valence-electron chi connectivity index (χ0n) is 15.8. The van der Waals surface area contributed by atoms with Crippen LogP contribution < -0.4 is 11.1 Å². The fourth-order valence-electron chi connectivity index (χ4n) is 3.10. The number of para-hydroxylation sites is 1. The summed E-state index contributed by atoms with van der Waals surface area (Å²) < 4.78 is 15.0. The lowest BCUT2D eigenvalue weighted by Gasteiger charge is -2.13. The van der Waals surface area contributed by atoms with E-state index in [1.54, 1.807) is 28.9 Å². The SMILES string of the molecule is NCc1ccccc1-n1nc(-c2ccc(F)cc2)cc1Nc1ncccc1C(=O)O. The second-order valence-electron chi connectivity index (χ2n) is 6.50. The Morgan fingerprint density at radius 1 is 1.10 bits per heavy atom. The topological polar surface area (TPSA) is 106 Å². The fraction of sp³-hybridized carbons (Fsp3) is 0.0455. The van der Waals surface area contributed by atoms with Crippen molar-refractivity contribution in [3.8, 4) is 16.9 Å². The van der Waals surface area contributed by atoms with Crippen molar-refractivity contribution in [2.45, 2.75) is 6.54 Å². The van der Waals surface area contributed by atoms with E-state index in [2.05, 4.69) is 15.4 Å². The number of carbonyl (C=O) groups is 1. The molecule has 2 heterocycles. The van der Waals surface area contributed by atoms with Crippen molar-refractivity contribution in [2.75, 3.05) is 5.32 Å². The maximum absolute atomic E-state index is 13.3. The molecule has 0 amide bonds. The van der Waals surface area contributed by atoms with Crippen LogP contribution in [0.4, 0.5) is 16.0 Å². The van der Waals surface area contributed by atoms with Gasteiger partial charge in [0.1, 0.15) is 23.0 Å². The number of halogens is 1. The monoisotopic (exact) mass is 403 g/mol. The third-order valence-electron chi connectivity index (χ3n) is 4.57. The first kappa shape index (κ1) is 19.3. The van der Waals surface area contributed by atoms with E-state index in [4.69, 9.17) is 5.73 Å². The van der Waals surface area contributed by atoms with Gasteiger partial charge in [0.2, 0.25) is 0 Å². The van der Waals surface area contributed by atoms with Gasteiger partial charge in [-0.3, -0.25) is 0 Å². The van der Waals surface area contributed by atoms with E-state index < -0.39 is 5.97 Å². The van der Waals surface area contributed by atoms with Crippen molar-refractivity contribution < 1.29 is 14.3 Å². The first-order chi connectivity index (χ1) is 14.6. The molecule has 30 heavy (non-hydrogen) atoms. The maximum atomic E-state index is 13.3. The summed E-state index contributed by atoms with van der Waals surface area (Å²) >= 11 is 0. The molecular weight excluding hydrogens is 385 g/mol. The summed E-state index contributed by atoms with van der Waals surface area (Å²) in [5.74, 6) is -0.763. The summed E-state index contributed by atoms with van der Waals surface area (Å²) in [7, 11) is 0. The number of rotatable bonds is 6. The summed E-state index contributed by atoms with van der Waals surface area (Å²) in [4.78, 5) is 15.7. The summed E-state index contributed by atoms with van der Waals surface area (Å²) in [6, 6.07) is 18.2. The van der Waals surface area contributed by atoms with Gasteiger partial charge in [-0.1, -0.05) is 18.2 Å². The zero-order valence-corrected chi connectivity index (χ0v) is 15.8. The Morgan fingerprint density at radius 2 is 1.87 bits per heavy atom. The van der Waals surface area contributed by atoms with Crippen molar-refractivity contribution in [2.24, 2.45) is 5.73 Å². The normalized spacial score (nSPS) is 10.7. The Morgan fingerprint density at radius 3 is 2.60 bits per heavy atom. The number of aromatic nitrogens is 3. The Labute approximate surface area is 171 Å². The molecule has 2 aromatic heterocycles. The van der Waals surface area contributed by atoms with Gasteiger partial charge in [-0.2, -0.15) is 5.10 Å². The molecule has 0 unspecified atom stereocenters. The molecule has 8 heteroatoms. The summed E-state index contributed by atoms with van der Waals surface area (Å²) in [5.41, 5.74) is 8.81. The van der Waals surface area contributed by atoms with Gasteiger partial charge in [0, 0.05) is 24.4 Å². The molecule has 4 N–H and O–H groups in total. The van der Waals surface area contributed by atoms with Crippen LogP contribution in [0.2, 0.25) is 0 Å². The molecule has 0 aliphatic carbocycles. The van der Waals surface area contributed by atoms with Crippen LogP contribution in [0.5, 0.6) is 0 Å². The third-order valence-corrected chi connectivity index (χ3v) is 4.57. The standard InChI is InChI=1S/C22H18FN5O2/c23-16-9-7-14(8-10-16)18-12-20(26-21-17(22(29)30)5-3-11-25-21)28(27-18)19-6-2-1-4-15(19)13-24/h1-12H,13,24H2,(H,25,26)(H,29,30). The first-order valence-corrected chi connectivity index (χ1v) is 9.16. The molecule has 150 valence electrons. The van der Waals surface area contributed by atoms with Crippen molar-refractivity contribution in [1.82, 2.24) is 14.8 Å². The van der Waals surface area contributed by atoms with Crippen LogP contribution in [0, 0.1) is 5.82 Å². The van der Waals surface area contributed by atoms with Crippen LogP contribution >= 0.6 is 0 Å². The Bertz CT molecular complexity index is 1200. The smallest absolute Gasteiger partial charge is 0.339 e. The highest BCUT2D eigenvalue weighted by molar-refractivity contribution is 5.93. The molecule has 0 saturated carbocycles. The minimum Gasteiger partial charge on any atom is -0.478 e. The molecule has 0 spiro atoms. The van der Waals surface area contributed by atoms with Gasteiger partial charge < -0.3 is 16.2 Å². The number of nitrogens with one attached hydrogen (secondary N) is 1. The molecule has 0 radical (unpaired) electrons. The number of hydrogen-bond donors (Lipinski definition) is 3. The zero-order chi connectivity index (χ0) is 21.1. The number of carboxylic acid groups (broad SMARTS) is 1. The minimum atomic E-state index is -1.10. The largest absolute Gasteiger partial charge is 0.478 e. The lowest BCUT2D eigenvalue weighted by Crippen LogP contribution is -2.10. The van der Waals surface area contributed by atoms with Crippen molar-refractivity contribution in [3.63, 3.8) is 0 Å². The number of pyridine rings is 1. The number of hydrogen-bond acceptors (Lipinski definition) is 5. The van der Waals surface area contributed by atoms with Gasteiger partial charge in [-0.05, 0) is 48.0 Å². The maximum Gasteiger partial charge on any atom is 0.339 e. The first-order valence-electron chi connectivity index (χ1n) is 9.16. The Hall–Kier alpha value is -4.04. The second kappa shape index (κ2) is 8.14. The average molecular weight is 403 g/mol. The quantitative estimate of drug-likeness (QED) is 0.450. The minimum absolute atomic E-state index is 0.0284. The summed E-state index contributed by atoms with van der Waals surface area (Å²) in [6.07, 6.45) is 1.50. The van der Waals surface area contributed by atoms with Crippen LogP contribution in [0.15, 0.2) is 72.9 Å². The molecule has 0 aliphatic heterocycles. The van der Waals surface area contributed by atoms with Gasteiger partial charge in [-0.15, -0.1) is 0 Å². The molecule has 0 fully saturated rings. The third kappa shape index (κ3) is 3.76. The second-order valence-corrected chi connectivity index (χ2v) is 6.50. The summed E-state index contributed by atoms with van der Waals surface area (Å²) in [6.45, 7) is 0.297. The highest BCUT2D eigenvalue weighted by atomic mass is 19.1. The molecule has 0 atom stereocenters. The van der Waals surface area contributed by atoms with Gasteiger partial charge in [0.05, 0.1) is 11.4 Å². The van der Waals surface area contributed by atoms with Crippen LogP contribution in [0.1, 0.15) is 15.9 Å². The van der Waals surface area contributed by atoms with Crippen molar-refractivity contribution in [1.29, 1.82) is 0 Å². The van der Waals surface area contributed by atoms with Crippen LogP contribution in [-0.2, 0) is 6.54 Å². The fourth-order valence-corrected chi connectivity index (χ4v) is 3.10. The lowest BCUT2D eigenvalue weighted by atomic mass is 10.1. The molecule has 7 nitrogen and oxygen atoms in total. The van der Waals surface area contributed by atoms with Crippen molar-refractivity contribution in [3.05, 3.63) is 89.9 Å². The molecule has 2 aromatic carbocycles. The number of nitrogens with zero attached hydrogens (tertiary/aromatic N) is 3. The Kier molecular flexibility index (Phi) is 5.23. The molecule has 0 saturated heterocycles. The van der Waals surface area contributed by atoms with Gasteiger partial charge in [0.15, 0.2) is 0 Å². The van der Waals surface area contributed by atoms with E-state index in [-0.39, 0.29) is 17.2 Å². The van der Waals surface area contributed by atoms with Crippen LogP contribution in [0.3, 0.4) is 0 Å². The van der Waals surface area contributed by atoms with E-state index in [0.29, 0.717) is 23.6 Å². The highest BCUT2D eigenvalue weighted by Gasteiger charge is 2.17. The van der Waals surface area contributed by atoms with Gasteiger partial charge in [0.25, 0.3) is 0 Å². The summed E-state index contributed by atoms with van der Waals surface area (Å²) in [5, 5.41) is 17.2. The molecule has 0 aliphatic rings. The average Bonchev–Trinajstić information content (AvgIpc) is 3.18. The van der Waals surface area contributed by atoms with E-state index in [1.165, 1.54) is 24.4 Å². The van der Waals surface area contributed by atoms with Gasteiger partial charge >= 0.3 is 5.97 Å². The number of benzene rings is 2. The van der Waals surface area contributed by atoms with Crippen molar-refractivity contribution >= 4 is 17.6 Å².